The highest BCUT2D eigenvalue weighted by Gasteiger charge is 2.29. The Morgan fingerprint density at radius 3 is 2.58 bits per heavy atom. The minimum Gasteiger partial charge on any atom is -0.435 e. The third kappa shape index (κ3) is 3.68. The van der Waals surface area contributed by atoms with Crippen molar-refractivity contribution in [2.45, 2.75) is 31.7 Å². The Labute approximate surface area is 74.6 Å². The number of nitrogens with two attached hydrogens (primary N) is 1. The largest absolute Gasteiger partial charge is 0.435 e. The van der Waals surface area contributed by atoms with Gasteiger partial charge in [-0.15, -0.1) is 0 Å². The van der Waals surface area contributed by atoms with Crippen LogP contribution in [0.2, 0.25) is 19.1 Å². The van der Waals surface area contributed by atoms with Crippen LogP contribution in [0.3, 0.4) is 0 Å². The lowest BCUT2D eigenvalue weighted by Gasteiger charge is -2.24. The lowest BCUT2D eigenvalue weighted by atomic mass is 10.8. The molecule has 1 unspecified atom stereocenters. The topological polar surface area (TPSA) is 52.3 Å². The lowest BCUT2D eigenvalue weighted by molar-refractivity contribution is -0.135. The minimum atomic E-state index is -1.63. The molecule has 0 saturated carbocycles. The van der Waals surface area contributed by atoms with Crippen molar-refractivity contribution in [1.82, 2.24) is 0 Å². The van der Waals surface area contributed by atoms with Gasteiger partial charge in [0.1, 0.15) is 0 Å². The Bertz CT molecular complexity index is 178. The molecule has 0 bridgehead atoms. The quantitative estimate of drug-likeness (QED) is 0.409. The molecule has 0 radical (unpaired) electrons. The van der Waals surface area contributed by atoms with E-state index < -0.39 is 8.07 Å². The van der Waals surface area contributed by atoms with Crippen molar-refractivity contribution in [3.8, 4) is 0 Å². The molecule has 0 spiro atoms. The van der Waals surface area contributed by atoms with Crippen LogP contribution in [0.1, 0.15) is 6.92 Å². The van der Waals surface area contributed by atoms with Crippen LogP contribution in [-0.4, -0.2) is 19.7 Å². The first-order valence-corrected chi connectivity index (χ1v) is 7.24. The average molecular weight is 187 g/mol. The first kappa shape index (κ1) is 11.4. The smallest absolute Gasteiger partial charge is 0.307 e. The molecule has 3 nitrogen and oxygen atoms in total. The molecule has 4 heteroatoms. The van der Waals surface area contributed by atoms with Crippen LogP contribution >= 0.6 is 0 Å². The molecule has 70 valence electrons. The monoisotopic (exact) mass is 187 g/mol. The van der Waals surface area contributed by atoms with Crippen molar-refractivity contribution in [2.24, 2.45) is 5.73 Å². The first-order chi connectivity index (χ1) is 5.40. The van der Waals surface area contributed by atoms with E-state index in [0.717, 1.165) is 6.26 Å². The van der Waals surface area contributed by atoms with Gasteiger partial charge in [0.2, 0.25) is 0 Å². The Morgan fingerprint density at radius 2 is 2.25 bits per heavy atom. The molecule has 0 saturated heterocycles. The third-order valence-corrected chi connectivity index (χ3v) is 5.71. The number of carbonyl (C=O) groups is 1. The van der Waals surface area contributed by atoms with Crippen LogP contribution in [0.15, 0.2) is 12.8 Å². The molecule has 2 N–H and O–H groups in total. The molecule has 0 amide bonds. The molecule has 0 aliphatic rings. The van der Waals surface area contributed by atoms with E-state index in [1.165, 1.54) is 0 Å². The molecule has 0 rings (SSSR count). The van der Waals surface area contributed by atoms with Crippen LogP contribution in [0.25, 0.3) is 0 Å². The van der Waals surface area contributed by atoms with Crippen molar-refractivity contribution in [1.29, 1.82) is 0 Å². The van der Waals surface area contributed by atoms with Crippen molar-refractivity contribution < 1.29 is 9.53 Å². The van der Waals surface area contributed by atoms with Gasteiger partial charge in [0.15, 0.2) is 0 Å². The summed E-state index contributed by atoms with van der Waals surface area (Å²) in [5, 5.41) is 0. The third-order valence-electron chi connectivity index (χ3n) is 2.05. The average Bonchev–Trinajstić information content (AvgIpc) is 1.85. The van der Waals surface area contributed by atoms with Crippen LogP contribution < -0.4 is 5.73 Å². The van der Waals surface area contributed by atoms with E-state index in [4.69, 9.17) is 5.73 Å². The fraction of sp³-hybridized carbons (Fsp3) is 0.625. The predicted octanol–water partition coefficient (Wildman–Crippen LogP) is 1.27. The lowest BCUT2D eigenvalue weighted by Crippen LogP contribution is -2.47. The highest BCUT2D eigenvalue weighted by Crippen LogP contribution is 2.13. The van der Waals surface area contributed by atoms with Gasteiger partial charge < -0.3 is 10.5 Å². The van der Waals surface area contributed by atoms with E-state index in [2.05, 4.69) is 24.4 Å². The fourth-order valence-corrected chi connectivity index (χ4v) is 1.82. The van der Waals surface area contributed by atoms with Crippen molar-refractivity contribution in [3.63, 3.8) is 0 Å². The molecule has 0 aromatic carbocycles. The summed E-state index contributed by atoms with van der Waals surface area (Å²) in [6.45, 7) is 9.40. The molecule has 1 atom stereocenters. The first-order valence-electron chi connectivity index (χ1n) is 3.96. The molecular formula is C8H17NO2Si. The molecule has 0 heterocycles. The van der Waals surface area contributed by atoms with Gasteiger partial charge in [0.25, 0.3) is 0 Å². The van der Waals surface area contributed by atoms with Crippen molar-refractivity contribution in [2.75, 3.05) is 0 Å². The Kier molecular flexibility index (Phi) is 4.20. The standard InChI is InChI=1S/C8H17NO2Si/c1-5-11-8(10)6-12(3,4)7(2)9/h5,7H,1,6,9H2,2-4H3. The second-order valence-corrected chi connectivity index (χ2v) is 8.85. The van der Waals surface area contributed by atoms with E-state index in [0.29, 0.717) is 6.04 Å². The highest BCUT2D eigenvalue weighted by atomic mass is 28.3. The summed E-state index contributed by atoms with van der Waals surface area (Å²) in [5.74, 6) is -0.223. The number of ether oxygens (including phenoxy) is 1. The molecule has 12 heavy (non-hydrogen) atoms. The summed E-state index contributed by atoms with van der Waals surface area (Å²) in [6, 6.07) is 0.455. The fourth-order valence-electron chi connectivity index (χ4n) is 0.668. The van der Waals surface area contributed by atoms with Crippen LogP contribution in [0.4, 0.5) is 0 Å². The number of esters is 1. The van der Waals surface area contributed by atoms with Gasteiger partial charge in [0, 0.05) is 6.04 Å². The Hall–Kier alpha value is -0.613. The summed E-state index contributed by atoms with van der Waals surface area (Å²) in [4.78, 5) is 11.0. The minimum absolute atomic E-state index is 0.106. The van der Waals surface area contributed by atoms with Gasteiger partial charge >= 0.3 is 5.97 Å². The van der Waals surface area contributed by atoms with Crippen LogP contribution in [-0.2, 0) is 9.53 Å². The maximum absolute atomic E-state index is 11.0. The Balaban J connectivity index is 4.05. The summed E-state index contributed by atoms with van der Waals surface area (Å²) in [5.41, 5.74) is 5.85. The maximum atomic E-state index is 11.0. The molecule has 0 aromatic rings. The summed E-state index contributed by atoms with van der Waals surface area (Å²) in [7, 11) is -1.63. The second-order valence-electron chi connectivity index (χ2n) is 3.61. The van der Waals surface area contributed by atoms with Crippen molar-refractivity contribution >= 4 is 14.0 Å². The van der Waals surface area contributed by atoms with E-state index in [1.807, 2.05) is 6.92 Å². The summed E-state index contributed by atoms with van der Waals surface area (Å²) < 4.78 is 4.63. The van der Waals surface area contributed by atoms with Crippen LogP contribution in [0.5, 0.6) is 0 Å². The summed E-state index contributed by atoms with van der Waals surface area (Å²) >= 11 is 0. The number of hydrogen-bond donors (Lipinski definition) is 1. The zero-order valence-corrected chi connectivity index (χ0v) is 8.96. The SMILES string of the molecule is C=COC(=O)C[Si](C)(C)C(C)N. The van der Waals surface area contributed by atoms with E-state index in [1.54, 1.807) is 0 Å². The van der Waals surface area contributed by atoms with Gasteiger partial charge in [0.05, 0.1) is 14.3 Å². The normalized spacial score (nSPS) is 13.7. The van der Waals surface area contributed by atoms with E-state index in [9.17, 15) is 4.79 Å². The van der Waals surface area contributed by atoms with Crippen molar-refractivity contribution in [3.05, 3.63) is 12.8 Å². The Morgan fingerprint density at radius 1 is 1.75 bits per heavy atom. The molecule has 0 aromatic heterocycles. The zero-order valence-electron chi connectivity index (χ0n) is 7.96. The molecule has 0 fully saturated rings. The molecule has 0 aliphatic heterocycles. The predicted molar refractivity (Wildman–Crippen MR) is 52.2 cm³/mol. The van der Waals surface area contributed by atoms with E-state index in [-0.39, 0.29) is 11.6 Å². The highest BCUT2D eigenvalue weighted by molar-refractivity contribution is 6.81. The molecule has 0 aliphatic carbocycles. The second kappa shape index (κ2) is 4.42. The van der Waals surface area contributed by atoms with Gasteiger partial charge in [-0.3, -0.25) is 4.79 Å². The number of carbonyl (C=O) groups excluding carboxylic acids is 1. The van der Waals surface area contributed by atoms with Gasteiger partial charge in [-0.25, -0.2) is 0 Å². The maximum Gasteiger partial charge on any atom is 0.307 e. The van der Waals surface area contributed by atoms with Gasteiger partial charge in [-0.1, -0.05) is 26.6 Å². The zero-order chi connectivity index (χ0) is 9.78. The van der Waals surface area contributed by atoms with E-state index >= 15 is 0 Å². The van der Waals surface area contributed by atoms with Gasteiger partial charge in [-0.2, -0.15) is 0 Å². The van der Waals surface area contributed by atoms with Crippen LogP contribution in [0, 0.1) is 0 Å². The van der Waals surface area contributed by atoms with Gasteiger partial charge in [-0.05, 0) is 5.67 Å². The molecular weight excluding hydrogens is 170 g/mol. The number of hydrogen-bond acceptors (Lipinski definition) is 3. The number of rotatable bonds is 4. The summed E-state index contributed by atoms with van der Waals surface area (Å²) in [6.07, 6.45) is 1.16.